The minimum atomic E-state index is 0.935. The number of aryl methyl sites for hydroxylation is 2. The Bertz CT molecular complexity index is 842. The number of hydrogen-bond acceptors (Lipinski definition) is 3. The van der Waals surface area contributed by atoms with E-state index in [0.717, 1.165) is 44.8 Å². The van der Waals surface area contributed by atoms with Crippen LogP contribution in [-0.2, 0) is 13.1 Å². The van der Waals surface area contributed by atoms with Crippen LogP contribution in [0.2, 0.25) is 0 Å². The largest absolute Gasteiger partial charge is 0.369 e. The van der Waals surface area contributed by atoms with Crippen LogP contribution in [-0.4, -0.2) is 40.6 Å². The predicted molar refractivity (Wildman–Crippen MR) is 104 cm³/mol. The molecule has 0 atom stereocenters. The molecule has 4 nitrogen and oxygen atoms in total. The average Bonchev–Trinajstić information content (AvgIpc) is 3.00. The lowest BCUT2D eigenvalue weighted by molar-refractivity contribution is 0.241. The topological polar surface area (TPSA) is 24.3 Å². The van der Waals surface area contributed by atoms with Gasteiger partial charge < -0.3 is 9.47 Å². The van der Waals surface area contributed by atoms with E-state index in [1.54, 1.807) is 0 Å². The minimum absolute atomic E-state index is 0.935. The molecule has 1 aromatic heterocycles. The number of anilines is 1. The molecule has 25 heavy (non-hydrogen) atoms. The molecule has 1 saturated heterocycles. The summed E-state index contributed by atoms with van der Waals surface area (Å²) in [7, 11) is 0. The Balaban J connectivity index is 1.44. The SMILES string of the molecule is CCn1c(CN2CCN(c3ccc(C)cc3)CC2)nc2ccccc21. The first-order valence-electron chi connectivity index (χ1n) is 9.22. The van der Waals surface area contributed by atoms with Crippen LogP contribution in [0.4, 0.5) is 5.69 Å². The standard InChI is InChI=1S/C21H26N4/c1-3-25-20-7-5-4-6-19(20)22-21(25)16-23-12-14-24(15-13-23)18-10-8-17(2)9-11-18/h4-11H,3,12-16H2,1-2H3. The lowest BCUT2D eigenvalue weighted by atomic mass is 10.2. The molecule has 2 aromatic carbocycles. The molecular formula is C21H26N4. The van der Waals surface area contributed by atoms with Gasteiger partial charge in [0.05, 0.1) is 17.6 Å². The number of rotatable bonds is 4. The third-order valence-electron chi connectivity index (χ3n) is 5.19. The molecule has 0 amide bonds. The van der Waals surface area contributed by atoms with Gasteiger partial charge in [0.15, 0.2) is 0 Å². The van der Waals surface area contributed by atoms with Gasteiger partial charge in [0.1, 0.15) is 5.82 Å². The van der Waals surface area contributed by atoms with Crippen molar-refractivity contribution in [3.63, 3.8) is 0 Å². The van der Waals surface area contributed by atoms with Gasteiger partial charge in [-0.2, -0.15) is 0 Å². The Labute approximate surface area is 149 Å². The van der Waals surface area contributed by atoms with Gasteiger partial charge in [-0.3, -0.25) is 4.90 Å². The Kier molecular flexibility index (Phi) is 4.45. The summed E-state index contributed by atoms with van der Waals surface area (Å²) in [5, 5.41) is 0. The van der Waals surface area contributed by atoms with Crippen molar-refractivity contribution in [2.45, 2.75) is 26.9 Å². The highest BCUT2D eigenvalue weighted by Gasteiger charge is 2.19. The van der Waals surface area contributed by atoms with E-state index in [-0.39, 0.29) is 0 Å². The van der Waals surface area contributed by atoms with Gasteiger partial charge in [-0.15, -0.1) is 0 Å². The van der Waals surface area contributed by atoms with Gasteiger partial charge in [-0.25, -0.2) is 4.98 Å². The van der Waals surface area contributed by atoms with Gasteiger partial charge >= 0.3 is 0 Å². The molecule has 1 aliphatic heterocycles. The molecule has 1 aliphatic rings. The summed E-state index contributed by atoms with van der Waals surface area (Å²) >= 11 is 0. The fraction of sp³-hybridized carbons (Fsp3) is 0.381. The van der Waals surface area contributed by atoms with Crippen molar-refractivity contribution in [3.8, 4) is 0 Å². The Hall–Kier alpha value is -2.33. The molecule has 1 fully saturated rings. The number of nitrogens with zero attached hydrogens (tertiary/aromatic N) is 4. The van der Waals surface area contributed by atoms with E-state index in [2.05, 4.69) is 76.7 Å². The highest BCUT2D eigenvalue weighted by atomic mass is 15.3. The lowest BCUT2D eigenvalue weighted by Crippen LogP contribution is -2.46. The molecule has 0 bridgehead atoms. The maximum absolute atomic E-state index is 4.87. The first kappa shape index (κ1) is 16.2. The molecule has 0 saturated carbocycles. The zero-order valence-corrected chi connectivity index (χ0v) is 15.2. The van der Waals surface area contributed by atoms with E-state index in [4.69, 9.17) is 4.98 Å². The quantitative estimate of drug-likeness (QED) is 0.727. The van der Waals surface area contributed by atoms with E-state index in [9.17, 15) is 0 Å². The maximum Gasteiger partial charge on any atom is 0.124 e. The highest BCUT2D eigenvalue weighted by molar-refractivity contribution is 5.75. The first-order chi connectivity index (χ1) is 12.2. The first-order valence-corrected chi connectivity index (χ1v) is 9.22. The Morgan fingerprint density at radius 1 is 0.920 bits per heavy atom. The molecule has 3 aromatic rings. The average molecular weight is 334 g/mol. The molecule has 0 unspecified atom stereocenters. The van der Waals surface area contributed by atoms with Crippen LogP contribution in [0, 0.1) is 6.92 Å². The van der Waals surface area contributed by atoms with Crippen molar-refractivity contribution in [1.82, 2.24) is 14.5 Å². The van der Waals surface area contributed by atoms with Gasteiger partial charge in [0.2, 0.25) is 0 Å². The normalized spacial score (nSPS) is 15.8. The minimum Gasteiger partial charge on any atom is -0.369 e. The van der Waals surface area contributed by atoms with E-state index in [1.807, 2.05) is 0 Å². The zero-order chi connectivity index (χ0) is 17.2. The summed E-state index contributed by atoms with van der Waals surface area (Å²) in [6.45, 7) is 10.6. The third kappa shape index (κ3) is 3.27. The monoisotopic (exact) mass is 334 g/mol. The van der Waals surface area contributed by atoms with Crippen LogP contribution in [0.25, 0.3) is 11.0 Å². The molecule has 0 aliphatic carbocycles. The number of hydrogen-bond donors (Lipinski definition) is 0. The molecule has 4 heteroatoms. The second kappa shape index (κ2) is 6.89. The van der Waals surface area contributed by atoms with Crippen LogP contribution < -0.4 is 4.90 Å². The summed E-state index contributed by atoms with van der Waals surface area (Å²) in [5.74, 6) is 1.19. The van der Waals surface area contributed by atoms with Crippen LogP contribution >= 0.6 is 0 Å². The summed E-state index contributed by atoms with van der Waals surface area (Å²) < 4.78 is 2.35. The van der Waals surface area contributed by atoms with Crippen LogP contribution in [0.5, 0.6) is 0 Å². The molecule has 0 spiro atoms. The van der Waals surface area contributed by atoms with Gasteiger partial charge in [-0.1, -0.05) is 29.8 Å². The van der Waals surface area contributed by atoms with Gasteiger partial charge in [0, 0.05) is 38.4 Å². The van der Waals surface area contributed by atoms with Crippen LogP contribution in [0.3, 0.4) is 0 Å². The molecular weight excluding hydrogens is 308 g/mol. The maximum atomic E-state index is 4.87. The molecule has 0 radical (unpaired) electrons. The number of para-hydroxylation sites is 2. The summed E-state index contributed by atoms with van der Waals surface area (Å²) in [6.07, 6.45) is 0. The van der Waals surface area contributed by atoms with Crippen molar-refractivity contribution in [2.75, 3.05) is 31.1 Å². The third-order valence-corrected chi connectivity index (χ3v) is 5.19. The molecule has 2 heterocycles. The van der Waals surface area contributed by atoms with E-state index < -0.39 is 0 Å². The van der Waals surface area contributed by atoms with Crippen LogP contribution in [0.15, 0.2) is 48.5 Å². The number of benzene rings is 2. The predicted octanol–water partition coefficient (Wildman–Crippen LogP) is 3.69. The summed E-state index contributed by atoms with van der Waals surface area (Å²) in [6, 6.07) is 17.3. The molecule has 0 N–H and O–H groups in total. The molecule has 4 rings (SSSR count). The van der Waals surface area contributed by atoms with E-state index in [0.29, 0.717) is 0 Å². The second-order valence-corrected chi connectivity index (χ2v) is 6.86. The number of fused-ring (bicyclic) bond motifs is 1. The van der Waals surface area contributed by atoms with Crippen molar-refractivity contribution in [1.29, 1.82) is 0 Å². The number of aromatic nitrogens is 2. The fourth-order valence-corrected chi connectivity index (χ4v) is 3.72. The van der Waals surface area contributed by atoms with E-state index >= 15 is 0 Å². The summed E-state index contributed by atoms with van der Waals surface area (Å²) in [4.78, 5) is 9.88. The van der Waals surface area contributed by atoms with Crippen molar-refractivity contribution in [3.05, 3.63) is 59.9 Å². The molecule has 130 valence electrons. The number of imidazole rings is 1. The summed E-state index contributed by atoms with van der Waals surface area (Å²) in [5.41, 5.74) is 5.02. The van der Waals surface area contributed by atoms with E-state index in [1.165, 1.54) is 22.6 Å². The van der Waals surface area contributed by atoms with Gasteiger partial charge in [0.25, 0.3) is 0 Å². The van der Waals surface area contributed by atoms with Crippen LogP contribution in [0.1, 0.15) is 18.3 Å². The van der Waals surface area contributed by atoms with Crippen molar-refractivity contribution in [2.24, 2.45) is 0 Å². The zero-order valence-electron chi connectivity index (χ0n) is 15.2. The smallest absolute Gasteiger partial charge is 0.124 e. The van der Waals surface area contributed by atoms with Crippen molar-refractivity contribution < 1.29 is 0 Å². The highest BCUT2D eigenvalue weighted by Crippen LogP contribution is 2.20. The lowest BCUT2D eigenvalue weighted by Gasteiger charge is -2.36. The Morgan fingerprint density at radius 2 is 1.64 bits per heavy atom. The number of piperazine rings is 1. The second-order valence-electron chi connectivity index (χ2n) is 6.86. The Morgan fingerprint density at radius 3 is 2.36 bits per heavy atom. The van der Waals surface area contributed by atoms with Gasteiger partial charge in [-0.05, 0) is 38.1 Å². The van der Waals surface area contributed by atoms with Crippen molar-refractivity contribution >= 4 is 16.7 Å². The fourth-order valence-electron chi connectivity index (χ4n) is 3.72.